The van der Waals surface area contributed by atoms with E-state index in [1.54, 1.807) is 19.3 Å². The Morgan fingerprint density at radius 3 is 2.54 bits per heavy atom. The third kappa shape index (κ3) is 5.28. The molecule has 0 fully saturated rings. The van der Waals surface area contributed by atoms with Crippen LogP contribution in [-0.2, 0) is 12.0 Å². The second-order valence-electron chi connectivity index (χ2n) is 7.25. The van der Waals surface area contributed by atoms with Gasteiger partial charge >= 0.3 is 0 Å². The van der Waals surface area contributed by atoms with Crippen LogP contribution in [0.5, 0.6) is 0 Å². The summed E-state index contributed by atoms with van der Waals surface area (Å²) >= 11 is 0. The average Bonchev–Trinajstić information content (AvgIpc) is 3.06. The highest BCUT2D eigenvalue weighted by molar-refractivity contribution is 5.79. The third-order valence-corrected chi connectivity index (χ3v) is 4.01. The van der Waals surface area contributed by atoms with E-state index in [9.17, 15) is 8.78 Å². The van der Waals surface area contributed by atoms with Crippen molar-refractivity contribution in [2.24, 2.45) is 4.99 Å². The number of benzene rings is 1. The van der Waals surface area contributed by atoms with Crippen LogP contribution in [0.4, 0.5) is 8.78 Å². The first-order valence-corrected chi connectivity index (χ1v) is 8.55. The molecule has 0 aliphatic rings. The molecule has 1 aromatic heterocycles. The number of guanidine groups is 1. The Morgan fingerprint density at radius 2 is 1.96 bits per heavy atom. The average molecular weight is 364 g/mol. The lowest BCUT2D eigenvalue weighted by Gasteiger charge is -2.16. The molecule has 0 spiro atoms. The van der Waals surface area contributed by atoms with E-state index in [-0.39, 0.29) is 11.3 Å². The molecule has 0 aliphatic heterocycles. The highest BCUT2D eigenvalue weighted by Crippen LogP contribution is 2.22. The topological polar surface area (TPSA) is 62.5 Å². The summed E-state index contributed by atoms with van der Waals surface area (Å²) in [6, 6.07) is 3.95. The van der Waals surface area contributed by atoms with Crippen LogP contribution in [-0.4, -0.2) is 24.5 Å². The zero-order valence-electron chi connectivity index (χ0n) is 15.9. The smallest absolute Gasteiger partial charge is 0.213 e. The summed E-state index contributed by atoms with van der Waals surface area (Å²) < 4.78 is 32.1. The molecule has 5 nitrogen and oxygen atoms in total. The van der Waals surface area contributed by atoms with E-state index in [1.807, 2.05) is 6.92 Å². The first kappa shape index (κ1) is 19.9. The molecule has 0 saturated heterocycles. The molecule has 1 aromatic carbocycles. The third-order valence-electron chi connectivity index (χ3n) is 4.01. The molecule has 142 valence electrons. The highest BCUT2D eigenvalue weighted by Gasteiger charge is 2.19. The van der Waals surface area contributed by atoms with Gasteiger partial charge in [-0.1, -0.05) is 33.8 Å². The number of aromatic nitrogens is 1. The fourth-order valence-corrected chi connectivity index (χ4v) is 2.31. The molecule has 0 radical (unpaired) electrons. The molecule has 1 unspecified atom stereocenters. The Hall–Kier alpha value is -2.44. The lowest BCUT2D eigenvalue weighted by atomic mass is 9.94. The summed E-state index contributed by atoms with van der Waals surface area (Å²) in [6.45, 7) is 9.02. The second-order valence-corrected chi connectivity index (χ2v) is 7.25. The van der Waals surface area contributed by atoms with Crippen LogP contribution in [0.1, 0.15) is 50.8 Å². The fraction of sp³-hybridized carbons (Fsp3) is 0.474. The molecule has 2 rings (SSSR count). The summed E-state index contributed by atoms with van der Waals surface area (Å²) in [5.41, 5.74) is 0.625. The van der Waals surface area contributed by atoms with Crippen LogP contribution in [0.3, 0.4) is 0 Å². The van der Waals surface area contributed by atoms with Crippen molar-refractivity contribution in [2.75, 3.05) is 13.6 Å². The van der Waals surface area contributed by atoms with Gasteiger partial charge in [-0.15, -0.1) is 0 Å². The Kier molecular flexibility index (Phi) is 6.34. The molecule has 0 saturated carbocycles. The van der Waals surface area contributed by atoms with Crippen molar-refractivity contribution in [3.8, 4) is 0 Å². The number of halogens is 2. The van der Waals surface area contributed by atoms with Crippen molar-refractivity contribution < 1.29 is 13.2 Å². The van der Waals surface area contributed by atoms with Gasteiger partial charge in [0.2, 0.25) is 5.89 Å². The maximum Gasteiger partial charge on any atom is 0.213 e. The monoisotopic (exact) mass is 364 g/mol. The predicted molar refractivity (Wildman–Crippen MR) is 98.2 cm³/mol. The number of hydrogen-bond donors (Lipinski definition) is 2. The van der Waals surface area contributed by atoms with Crippen LogP contribution in [0.25, 0.3) is 0 Å². The summed E-state index contributed by atoms with van der Waals surface area (Å²) in [5, 5.41) is 6.29. The van der Waals surface area contributed by atoms with Gasteiger partial charge in [0, 0.05) is 19.0 Å². The number of hydrogen-bond acceptors (Lipinski definition) is 3. The van der Waals surface area contributed by atoms with Gasteiger partial charge in [-0.25, -0.2) is 13.8 Å². The maximum absolute atomic E-state index is 13.3. The molecule has 1 heterocycles. The largest absolute Gasteiger partial charge is 0.443 e. The molecule has 1 atom stereocenters. The first-order valence-electron chi connectivity index (χ1n) is 8.55. The number of nitrogens with zero attached hydrogens (tertiary/aromatic N) is 2. The Bertz CT molecular complexity index is 765. The maximum atomic E-state index is 13.3. The van der Waals surface area contributed by atoms with Gasteiger partial charge in [0.25, 0.3) is 0 Å². The van der Waals surface area contributed by atoms with Crippen LogP contribution >= 0.6 is 0 Å². The summed E-state index contributed by atoms with van der Waals surface area (Å²) in [4.78, 5) is 8.41. The lowest BCUT2D eigenvalue weighted by molar-refractivity contribution is 0.379. The van der Waals surface area contributed by atoms with E-state index in [1.165, 1.54) is 6.07 Å². The van der Waals surface area contributed by atoms with Gasteiger partial charge in [-0.05, 0) is 23.6 Å². The van der Waals surface area contributed by atoms with Gasteiger partial charge in [0.05, 0.1) is 12.7 Å². The summed E-state index contributed by atoms with van der Waals surface area (Å²) in [6.07, 6.45) is 1.73. The summed E-state index contributed by atoms with van der Waals surface area (Å²) in [7, 11) is 1.66. The van der Waals surface area contributed by atoms with E-state index in [0.29, 0.717) is 24.9 Å². The van der Waals surface area contributed by atoms with E-state index >= 15 is 0 Å². The molecule has 0 amide bonds. The molecular weight excluding hydrogens is 338 g/mol. The predicted octanol–water partition coefficient (Wildman–Crippen LogP) is 3.72. The van der Waals surface area contributed by atoms with Crippen molar-refractivity contribution in [3.05, 3.63) is 53.2 Å². The zero-order valence-corrected chi connectivity index (χ0v) is 15.9. The van der Waals surface area contributed by atoms with Crippen molar-refractivity contribution in [2.45, 2.75) is 45.6 Å². The molecular formula is C19H26F2N4O. The Morgan fingerprint density at radius 1 is 1.23 bits per heavy atom. The van der Waals surface area contributed by atoms with Gasteiger partial charge in [-0.2, -0.15) is 0 Å². The molecule has 7 heteroatoms. The zero-order chi connectivity index (χ0) is 19.3. The molecule has 2 aromatic rings. The minimum Gasteiger partial charge on any atom is -0.443 e. The van der Waals surface area contributed by atoms with Crippen LogP contribution in [0.2, 0.25) is 0 Å². The van der Waals surface area contributed by atoms with Gasteiger partial charge in [-0.3, -0.25) is 4.99 Å². The van der Waals surface area contributed by atoms with Gasteiger partial charge in [0.15, 0.2) is 17.6 Å². The molecule has 26 heavy (non-hydrogen) atoms. The van der Waals surface area contributed by atoms with Crippen molar-refractivity contribution in [1.82, 2.24) is 15.6 Å². The number of nitrogens with one attached hydrogen (secondary N) is 2. The Labute approximate surface area is 152 Å². The van der Waals surface area contributed by atoms with Crippen LogP contribution in [0, 0.1) is 11.6 Å². The molecule has 0 aliphatic carbocycles. The van der Waals surface area contributed by atoms with Crippen LogP contribution < -0.4 is 10.6 Å². The highest BCUT2D eigenvalue weighted by atomic mass is 19.2. The number of oxazole rings is 1. The van der Waals surface area contributed by atoms with Crippen molar-refractivity contribution in [3.63, 3.8) is 0 Å². The Balaban J connectivity index is 1.87. The van der Waals surface area contributed by atoms with E-state index in [0.717, 1.165) is 17.4 Å². The first-order chi connectivity index (χ1) is 12.2. The van der Waals surface area contributed by atoms with E-state index in [4.69, 9.17) is 4.42 Å². The number of rotatable bonds is 5. The fourth-order valence-electron chi connectivity index (χ4n) is 2.31. The van der Waals surface area contributed by atoms with Crippen LogP contribution in [0.15, 0.2) is 33.8 Å². The van der Waals surface area contributed by atoms with E-state index in [2.05, 4.69) is 41.4 Å². The minimum atomic E-state index is -0.841. The van der Waals surface area contributed by atoms with E-state index < -0.39 is 11.6 Å². The second kappa shape index (κ2) is 8.29. The van der Waals surface area contributed by atoms with Crippen molar-refractivity contribution in [1.29, 1.82) is 0 Å². The SMILES string of the molecule is CN=C(NCc1ncc(C(C)(C)C)o1)NCC(C)c1ccc(F)c(F)c1. The minimum absolute atomic E-state index is 0.0159. The molecule has 2 N–H and O–H groups in total. The summed E-state index contributed by atoms with van der Waals surface area (Å²) in [5.74, 6) is 0.283. The normalized spacial score (nSPS) is 13.6. The quantitative estimate of drug-likeness (QED) is 0.627. The standard InChI is InChI=1S/C19H26F2N4O/c1-12(13-6-7-14(20)15(21)8-13)9-24-18(22-5)25-11-17-23-10-16(26-17)19(2,3)4/h6-8,10,12H,9,11H2,1-5H3,(H2,22,24,25). The van der Waals surface area contributed by atoms with Crippen molar-refractivity contribution >= 4 is 5.96 Å². The lowest BCUT2D eigenvalue weighted by Crippen LogP contribution is -2.38. The van der Waals surface area contributed by atoms with Gasteiger partial charge < -0.3 is 15.1 Å². The van der Waals surface area contributed by atoms with Gasteiger partial charge in [0.1, 0.15) is 5.76 Å². The molecule has 0 bridgehead atoms. The number of aliphatic imine (C=N–C) groups is 1.